The van der Waals surface area contributed by atoms with Gasteiger partial charge in [-0.2, -0.15) is 0 Å². The summed E-state index contributed by atoms with van der Waals surface area (Å²) in [6.07, 6.45) is 2.91. The Morgan fingerprint density at radius 1 is 1.33 bits per heavy atom. The summed E-state index contributed by atoms with van der Waals surface area (Å²) in [5, 5.41) is 2.75. The molecule has 0 saturated carbocycles. The molecular weight excluding hydrogens is 320 g/mol. The number of nitrogen functional groups attached to an aromatic ring is 1. The molecule has 0 aliphatic heterocycles. The Labute approximate surface area is 117 Å². The average Bonchev–Trinajstić information content (AvgIpc) is 2.35. The fourth-order valence-electron chi connectivity index (χ4n) is 1.27. The zero-order valence-corrected chi connectivity index (χ0v) is 11.4. The Morgan fingerprint density at radius 2 is 2.11 bits per heavy atom. The summed E-state index contributed by atoms with van der Waals surface area (Å²) >= 11 is 9.04. The van der Waals surface area contributed by atoms with E-state index in [9.17, 15) is 4.79 Å². The largest absolute Gasteiger partial charge is 0.397 e. The molecule has 2 aromatic heterocycles. The van der Waals surface area contributed by atoms with Crippen LogP contribution in [-0.2, 0) is 0 Å². The first-order valence-corrected chi connectivity index (χ1v) is 6.07. The van der Waals surface area contributed by atoms with E-state index in [-0.39, 0.29) is 16.6 Å². The van der Waals surface area contributed by atoms with Gasteiger partial charge in [-0.05, 0) is 34.1 Å². The molecule has 1 amide bonds. The molecule has 92 valence electrons. The number of rotatable bonds is 2. The standard InChI is InChI=1S/C11H8BrClN4O/c12-9-2-1-7(5-15-9)17-11(18)8-3-6(14)4-16-10(8)13/h1-5H,14H2,(H,17,18). The smallest absolute Gasteiger partial charge is 0.258 e. The Morgan fingerprint density at radius 3 is 2.78 bits per heavy atom. The summed E-state index contributed by atoms with van der Waals surface area (Å²) in [5.41, 5.74) is 6.71. The molecule has 0 saturated heterocycles. The van der Waals surface area contributed by atoms with Gasteiger partial charge >= 0.3 is 0 Å². The summed E-state index contributed by atoms with van der Waals surface area (Å²) in [5.74, 6) is -0.385. The van der Waals surface area contributed by atoms with E-state index in [4.69, 9.17) is 17.3 Å². The number of amides is 1. The van der Waals surface area contributed by atoms with Crippen molar-refractivity contribution < 1.29 is 4.79 Å². The molecule has 0 fully saturated rings. The van der Waals surface area contributed by atoms with Crippen molar-refractivity contribution in [1.29, 1.82) is 0 Å². The molecule has 0 aromatic carbocycles. The molecule has 7 heteroatoms. The summed E-state index contributed by atoms with van der Waals surface area (Å²) in [6.45, 7) is 0. The van der Waals surface area contributed by atoms with Crippen molar-refractivity contribution in [2.24, 2.45) is 0 Å². The maximum atomic E-state index is 11.9. The number of hydrogen-bond donors (Lipinski definition) is 2. The zero-order chi connectivity index (χ0) is 13.1. The predicted octanol–water partition coefficient (Wildman–Crippen LogP) is 2.73. The second-order valence-corrected chi connectivity index (χ2v) is 4.60. The van der Waals surface area contributed by atoms with E-state index < -0.39 is 0 Å². The first kappa shape index (κ1) is 12.8. The number of anilines is 2. The van der Waals surface area contributed by atoms with Crippen LogP contribution >= 0.6 is 27.5 Å². The van der Waals surface area contributed by atoms with E-state index in [0.29, 0.717) is 16.0 Å². The van der Waals surface area contributed by atoms with Crippen LogP contribution in [0.2, 0.25) is 5.15 Å². The third kappa shape index (κ3) is 2.96. The summed E-state index contributed by atoms with van der Waals surface area (Å²) in [4.78, 5) is 19.7. The van der Waals surface area contributed by atoms with Gasteiger partial charge < -0.3 is 11.1 Å². The first-order chi connectivity index (χ1) is 8.56. The second kappa shape index (κ2) is 5.32. The quantitative estimate of drug-likeness (QED) is 0.831. The minimum absolute atomic E-state index is 0.103. The number of pyridine rings is 2. The minimum atomic E-state index is -0.385. The Hall–Kier alpha value is -1.66. The van der Waals surface area contributed by atoms with Gasteiger partial charge in [-0.25, -0.2) is 9.97 Å². The van der Waals surface area contributed by atoms with Crippen LogP contribution in [0.3, 0.4) is 0 Å². The maximum Gasteiger partial charge on any atom is 0.258 e. The van der Waals surface area contributed by atoms with Crippen molar-refractivity contribution >= 4 is 44.8 Å². The normalized spacial score (nSPS) is 10.1. The molecular formula is C11H8BrClN4O. The molecule has 0 spiro atoms. The number of carbonyl (C=O) groups excluding carboxylic acids is 1. The molecule has 0 atom stereocenters. The molecule has 18 heavy (non-hydrogen) atoms. The van der Waals surface area contributed by atoms with Gasteiger partial charge in [0.15, 0.2) is 0 Å². The number of nitrogens with two attached hydrogens (primary N) is 1. The molecule has 0 aliphatic rings. The van der Waals surface area contributed by atoms with Crippen molar-refractivity contribution in [2.45, 2.75) is 0 Å². The second-order valence-electron chi connectivity index (χ2n) is 3.43. The van der Waals surface area contributed by atoms with Crippen LogP contribution in [-0.4, -0.2) is 15.9 Å². The lowest BCUT2D eigenvalue weighted by molar-refractivity contribution is 0.102. The van der Waals surface area contributed by atoms with Gasteiger partial charge in [-0.1, -0.05) is 11.6 Å². The maximum absolute atomic E-state index is 11.9. The van der Waals surface area contributed by atoms with Gasteiger partial charge in [-0.15, -0.1) is 0 Å². The lowest BCUT2D eigenvalue weighted by Gasteiger charge is -2.06. The van der Waals surface area contributed by atoms with Gasteiger partial charge in [0.05, 0.1) is 29.3 Å². The van der Waals surface area contributed by atoms with Crippen LogP contribution < -0.4 is 11.1 Å². The Balaban J connectivity index is 2.21. The van der Waals surface area contributed by atoms with Crippen LogP contribution in [0.5, 0.6) is 0 Å². The highest BCUT2D eigenvalue weighted by molar-refractivity contribution is 9.10. The third-order valence-electron chi connectivity index (χ3n) is 2.09. The number of hydrogen-bond acceptors (Lipinski definition) is 4. The van der Waals surface area contributed by atoms with Crippen LogP contribution in [0.1, 0.15) is 10.4 Å². The number of aromatic nitrogens is 2. The Bertz CT molecular complexity index is 588. The van der Waals surface area contributed by atoms with Gasteiger partial charge in [0.2, 0.25) is 0 Å². The van der Waals surface area contributed by atoms with Crippen molar-refractivity contribution in [3.8, 4) is 0 Å². The zero-order valence-electron chi connectivity index (χ0n) is 9.02. The SMILES string of the molecule is Nc1cnc(Cl)c(C(=O)Nc2ccc(Br)nc2)c1. The van der Waals surface area contributed by atoms with Crippen molar-refractivity contribution in [3.05, 3.63) is 45.9 Å². The lowest BCUT2D eigenvalue weighted by Crippen LogP contribution is -2.13. The van der Waals surface area contributed by atoms with E-state index in [1.807, 2.05) is 0 Å². The molecule has 3 N–H and O–H groups in total. The molecule has 2 heterocycles. The lowest BCUT2D eigenvalue weighted by atomic mass is 10.2. The molecule has 0 aliphatic carbocycles. The number of halogens is 2. The van der Waals surface area contributed by atoms with Crippen LogP contribution in [0.4, 0.5) is 11.4 Å². The number of carbonyl (C=O) groups is 1. The summed E-state index contributed by atoms with van der Waals surface area (Å²) in [6, 6.07) is 4.90. The summed E-state index contributed by atoms with van der Waals surface area (Å²) < 4.78 is 0.684. The van der Waals surface area contributed by atoms with Crippen LogP contribution in [0.25, 0.3) is 0 Å². The van der Waals surface area contributed by atoms with Gasteiger partial charge in [0.25, 0.3) is 5.91 Å². The van der Waals surface area contributed by atoms with E-state index in [1.165, 1.54) is 18.5 Å². The molecule has 2 rings (SSSR count). The van der Waals surface area contributed by atoms with E-state index >= 15 is 0 Å². The highest BCUT2D eigenvalue weighted by atomic mass is 79.9. The van der Waals surface area contributed by atoms with Crippen LogP contribution in [0, 0.1) is 0 Å². The predicted molar refractivity (Wildman–Crippen MR) is 73.5 cm³/mol. The van der Waals surface area contributed by atoms with Crippen molar-refractivity contribution in [2.75, 3.05) is 11.1 Å². The molecule has 2 aromatic rings. The van der Waals surface area contributed by atoms with E-state index in [2.05, 4.69) is 31.2 Å². The monoisotopic (exact) mass is 326 g/mol. The van der Waals surface area contributed by atoms with E-state index in [1.54, 1.807) is 12.1 Å². The summed E-state index contributed by atoms with van der Waals surface area (Å²) in [7, 11) is 0. The third-order valence-corrected chi connectivity index (χ3v) is 2.86. The van der Waals surface area contributed by atoms with Gasteiger partial charge in [-0.3, -0.25) is 4.79 Å². The van der Waals surface area contributed by atoms with Crippen molar-refractivity contribution in [1.82, 2.24) is 9.97 Å². The molecule has 0 bridgehead atoms. The molecule has 0 radical (unpaired) electrons. The van der Waals surface area contributed by atoms with Crippen LogP contribution in [0.15, 0.2) is 35.2 Å². The minimum Gasteiger partial charge on any atom is -0.397 e. The average molecular weight is 328 g/mol. The fourth-order valence-corrected chi connectivity index (χ4v) is 1.70. The van der Waals surface area contributed by atoms with Gasteiger partial charge in [0, 0.05) is 0 Å². The van der Waals surface area contributed by atoms with E-state index in [0.717, 1.165) is 0 Å². The first-order valence-electron chi connectivity index (χ1n) is 4.90. The molecule has 0 unspecified atom stereocenters. The number of nitrogens with one attached hydrogen (secondary N) is 1. The highest BCUT2D eigenvalue weighted by Crippen LogP contribution is 2.18. The topological polar surface area (TPSA) is 80.9 Å². The highest BCUT2D eigenvalue weighted by Gasteiger charge is 2.12. The van der Waals surface area contributed by atoms with Gasteiger partial charge in [0.1, 0.15) is 9.76 Å². The fraction of sp³-hybridized carbons (Fsp3) is 0. The molecule has 5 nitrogen and oxygen atoms in total. The number of nitrogens with zero attached hydrogens (tertiary/aromatic N) is 2. The Kier molecular flexibility index (Phi) is 3.78. The van der Waals surface area contributed by atoms with Crippen molar-refractivity contribution in [3.63, 3.8) is 0 Å².